The quantitative estimate of drug-likeness (QED) is 0.422. The van der Waals surface area contributed by atoms with Gasteiger partial charge >= 0.3 is 6.09 Å². The van der Waals surface area contributed by atoms with Gasteiger partial charge in [0.15, 0.2) is 17.0 Å². The van der Waals surface area contributed by atoms with Crippen molar-refractivity contribution in [1.29, 1.82) is 0 Å². The minimum atomic E-state index is -0.670. The molecule has 1 aromatic carbocycles. The summed E-state index contributed by atoms with van der Waals surface area (Å²) in [6.45, 7) is 9.26. The molecule has 2 amide bonds. The molecule has 5 rings (SSSR count). The summed E-state index contributed by atoms with van der Waals surface area (Å²) in [6.07, 6.45) is 5.12. The topological polar surface area (TPSA) is 118 Å². The number of ether oxygens (including phenoxy) is 1. The Bertz CT molecular complexity index is 1460. The van der Waals surface area contributed by atoms with Crippen LogP contribution in [0, 0.1) is 11.2 Å². The molecule has 0 bridgehead atoms. The summed E-state index contributed by atoms with van der Waals surface area (Å²) < 4.78 is 22.6. The summed E-state index contributed by atoms with van der Waals surface area (Å²) in [6, 6.07) is 3.61. The molecule has 0 radical (unpaired) electrons. The van der Waals surface area contributed by atoms with Crippen LogP contribution < -0.4 is 15.5 Å². The van der Waals surface area contributed by atoms with Gasteiger partial charge in [0.05, 0.1) is 18.3 Å². The van der Waals surface area contributed by atoms with Crippen molar-refractivity contribution >= 4 is 34.7 Å². The Morgan fingerprint density at radius 1 is 1.17 bits per heavy atom. The predicted molar refractivity (Wildman–Crippen MR) is 154 cm³/mol. The Morgan fingerprint density at radius 2 is 1.93 bits per heavy atom. The van der Waals surface area contributed by atoms with Gasteiger partial charge in [0, 0.05) is 42.5 Å². The van der Waals surface area contributed by atoms with E-state index < -0.39 is 17.1 Å². The lowest BCUT2D eigenvalue weighted by molar-refractivity contribution is -0.129. The number of nitrogens with zero attached hydrogens (tertiary/aromatic N) is 6. The minimum Gasteiger partial charge on any atom is -0.444 e. The standard InChI is InChI=1S/C29H39FN8O3/c1-28(2,3)41-27(40)35-24-23-25(32-16-31-24)38(17-33-23)14-20-19(13-36(5)6)21(30)9-10-22(20)37-12-11-29(4,15-37)26(39)34-18-7-8-18/h9-10,16-18H,7-8,11-15H2,1-6H3,(H,34,39)(H,31,32,35,40)/t29-/m0/s1. The second-order valence-electron chi connectivity index (χ2n) is 12.6. The maximum Gasteiger partial charge on any atom is 0.413 e. The van der Waals surface area contributed by atoms with Crippen molar-refractivity contribution in [3.8, 4) is 0 Å². The fourth-order valence-electron chi connectivity index (χ4n) is 5.21. The lowest BCUT2D eigenvalue weighted by Gasteiger charge is -2.28. The van der Waals surface area contributed by atoms with E-state index in [1.807, 2.05) is 30.5 Å². The monoisotopic (exact) mass is 566 g/mol. The van der Waals surface area contributed by atoms with Gasteiger partial charge in [0.1, 0.15) is 17.7 Å². The van der Waals surface area contributed by atoms with Crippen LogP contribution in [0.4, 0.5) is 20.7 Å². The highest BCUT2D eigenvalue weighted by molar-refractivity contribution is 5.93. The van der Waals surface area contributed by atoms with Crippen molar-refractivity contribution in [3.63, 3.8) is 0 Å². The molecule has 2 aliphatic rings. The highest BCUT2D eigenvalue weighted by atomic mass is 19.1. The molecule has 11 nitrogen and oxygen atoms in total. The van der Waals surface area contributed by atoms with Gasteiger partial charge in [-0.15, -0.1) is 0 Å². The Labute approximate surface area is 239 Å². The summed E-state index contributed by atoms with van der Waals surface area (Å²) in [5.74, 6) is 0.0205. The number of halogens is 1. The van der Waals surface area contributed by atoms with Crippen LogP contribution in [0.5, 0.6) is 0 Å². The fraction of sp³-hybridized carbons (Fsp3) is 0.552. The van der Waals surface area contributed by atoms with Gasteiger partial charge in [-0.25, -0.2) is 24.1 Å². The first-order valence-electron chi connectivity index (χ1n) is 14.0. The van der Waals surface area contributed by atoms with E-state index in [4.69, 9.17) is 4.74 Å². The number of hydrogen-bond donors (Lipinski definition) is 2. The number of imidazole rings is 1. The Balaban J connectivity index is 1.48. The average Bonchev–Trinajstić information content (AvgIpc) is 3.45. The number of carbonyl (C=O) groups is 2. The molecule has 220 valence electrons. The number of carbonyl (C=O) groups excluding carboxylic acids is 2. The van der Waals surface area contributed by atoms with Crippen LogP contribution in [0.25, 0.3) is 11.2 Å². The van der Waals surface area contributed by atoms with E-state index in [0.29, 0.717) is 48.8 Å². The molecule has 1 aliphatic heterocycles. The van der Waals surface area contributed by atoms with Crippen molar-refractivity contribution in [2.24, 2.45) is 5.41 Å². The van der Waals surface area contributed by atoms with E-state index in [-0.39, 0.29) is 24.1 Å². The SMILES string of the molecule is CN(C)Cc1c(F)ccc(N2CC[C@](C)(C(=O)NC3CC3)C2)c1Cn1cnc2c(NC(=O)OC(C)(C)C)ncnc21. The van der Waals surface area contributed by atoms with Gasteiger partial charge in [-0.05, 0) is 73.2 Å². The number of anilines is 2. The highest BCUT2D eigenvalue weighted by Crippen LogP contribution is 2.38. The maximum atomic E-state index is 15.4. The molecule has 3 heterocycles. The largest absolute Gasteiger partial charge is 0.444 e. The van der Waals surface area contributed by atoms with Crippen LogP contribution in [0.15, 0.2) is 24.8 Å². The lowest BCUT2D eigenvalue weighted by Crippen LogP contribution is -2.42. The zero-order chi connectivity index (χ0) is 29.5. The number of fused-ring (bicyclic) bond motifs is 1. The third-order valence-corrected chi connectivity index (χ3v) is 7.45. The lowest BCUT2D eigenvalue weighted by atomic mass is 9.88. The first-order chi connectivity index (χ1) is 19.3. The van der Waals surface area contributed by atoms with Crippen LogP contribution in [-0.2, 0) is 22.6 Å². The first kappa shape index (κ1) is 28.7. The second-order valence-corrected chi connectivity index (χ2v) is 12.6. The molecule has 1 saturated carbocycles. The number of benzene rings is 1. The minimum absolute atomic E-state index is 0.0852. The molecule has 0 unspecified atom stereocenters. The van der Waals surface area contributed by atoms with Crippen molar-refractivity contribution in [2.45, 2.75) is 71.7 Å². The average molecular weight is 567 g/mol. The normalized spacial score (nSPS) is 19.2. The van der Waals surface area contributed by atoms with E-state index in [9.17, 15) is 9.59 Å². The molecule has 1 saturated heterocycles. The summed E-state index contributed by atoms with van der Waals surface area (Å²) in [7, 11) is 3.80. The molecule has 3 aromatic rings. The van der Waals surface area contributed by atoms with Crippen molar-refractivity contribution in [2.75, 3.05) is 37.4 Å². The van der Waals surface area contributed by atoms with E-state index in [1.54, 1.807) is 33.2 Å². The number of hydrogen-bond acceptors (Lipinski definition) is 8. The molecular formula is C29H39FN8O3. The van der Waals surface area contributed by atoms with Crippen LogP contribution >= 0.6 is 0 Å². The van der Waals surface area contributed by atoms with E-state index in [2.05, 4.69) is 30.5 Å². The van der Waals surface area contributed by atoms with Gasteiger partial charge in [0.25, 0.3) is 0 Å². The molecule has 2 aromatic heterocycles. The van der Waals surface area contributed by atoms with Gasteiger partial charge in [0.2, 0.25) is 5.91 Å². The number of nitrogens with one attached hydrogen (secondary N) is 2. The molecule has 12 heteroatoms. The fourth-order valence-corrected chi connectivity index (χ4v) is 5.21. The van der Waals surface area contributed by atoms with E-state index >= 15 is 4.39 Å². The third kappa shape index (κ3) is 6.42. The van der Waals surface area contributed by atoms with E-state index in [1.165, 1.54) is 12.4 Å². The van der Waals surface area contributed by atoms with Crippen LogP contribution in [0.1, 0.15) is 58.1 Å². The van der Waals surface area contributed by atoms with Crippen LogP contribution in [-0.4, -0.2) is 75.2 Å². The third-order valence-electron chi connectivity index (χ3n) is 7.45. The zero-order valence-electron chi connectivity index (χ0n) is 24.6. The molecular weight excluding hydrogens is 527 g/mol. The molecule has 41 heavy (non-hydrogen) atoms. The van der Waals surface area contributed by atoms with Gasteiger partial charge in [-0.1, -0.05) is 0 Å². The second kappa shape index (κ2) is 10.9. The molecule has 1 atom stereocenters. The highest BCUT2D eigenvalue weighted by Gasteiger charge is 2.42. The summed E-state index contributed by atoms with van der Waals surface area (Å²) >= 11 is 0. The zero-order valence-corrected chi connectivity index (χ0v) is 24.6. The van der Waals surface area contributed by atoms with Crippen LogP contribution in [0.3, 0.4) is 0 Å². The predicted octanol–water partition coefficient (Wildman–Crippen LogP) is 3.92. The molecule has 1 aliphatic carbocycles. The first-order valence-corrected chi connectivity index (χ1v) is 14.0. The van der Waals surface area contributed by atoms with Crippen molar-refractivity contribution in [1.82, 2.24) is 29.7 Å². The summed E-state index contributed by atoms with van der Waals surface area (Å²) in [4.78, 5) is 42.7. The van der Waals surface area contributed by atoms with E-state index in [0.717, 1.165) is 24.1 Å². The summed E-state index contributed by atoms with van der Waals surface area (Å²) in [5.41, 5.74) is 1.96. The Hall–Kier alpha value is -3.80. The molecule has 0 spiro atoms. The Morgan fingerprint density at radius 3 is 2.61 bits per heavy atom. The van der Waals surface area contributed by atoms with Crippen molar-refractivity contribution in [3.05, 3.63) is 41.7 Å². The molecule has 2 N–H and O–H groups in total. The summed E-state index contributed by atoms with van der Waals surface area (Å²) in [5, 5.41) is 5.82. The number of amides is 2. The van der Waals surface area contributed by atoms with Crippen molar-refractivity contribution < 1.29 is 18.7 Å². The number of rotatable bonds is 8. The molecule has 2 fully saturated rings. The maximum absolute atomic E-state index is 15.4. The smallest absolute Gasteiger partial charge is 0.413 e. The van der Waals surface area contributed by atoms with Crippen LogP contribution in [0.2, 0.25) is 0 Å². The van der Waals surface area contributed by atoms with Gasteiger partial charge in [-0.2, -0.15) is 0 Å². The van der Waals surface area contributed by atoms with Gasteiger partial charge < -0.3 is 24.4 Å². The number of aromatic nitrogens is 4. The van der Waals surface area contributed by atoms with Gasteiger partial charge in [-0.3, -0.25) is 10.1 Å². The Kier molecular flexibility index (Phi) is 7.62.